The Hall–Kier alpha value is -3.26. The molecule has 0 unspecified atom stereocenters. The van der Waals surface area contributed by atoms with E-state index in [1.165, 1.54) is 17.7 Å². The molecule has 2 heteroatoms. The topological polar surface area (TPSA) is 11.3 Å². The largest absolute Gasteiger partial charge is 0.361 e. The van der Waals surface area contributed by atoms with Crippen LogP contribution >= 0.6 is 0 Å². The summed E-state index contributed by atoms with van der Waals surface area (Å²) in [6.45, 7) is 2.06. The highest BCUT2D eigenvalue weighted by atomic mass is 19.1. The minimum Gasteiger partial charge on any atom is -0.207 e. The van der Waals surface area contributed by atoms with Crippen LogP contribution in [-0.2, 0) is 0 Å². The van der Waals surface area contributed by atoms with Crippen molar-refractivity contribution in [1.29, 1.82) is 0 Å². The van der Waals surface area contributed by atoms with Crippen molar-refractivity contribution < 1.29 is 8.81 Å². The van der Waals surface area contributed by atoms with E-state index in [-0.39, 0.29) is 5.82 Å². The quantitative estimate of drug-likeness (QED) is 0.365. The smallest absolute Gasteiger partial charge is 0.207 e. The number of benzene rings is 3. The van der Waals surface area contributed by atoms with Crippen molar-refractivity contribution in [1.82, 2.24) is 0 Å². The third kappa shape index (κ3) is 3.40. The molecule has 126 valence electrons. The molecule has 0 amide bonds. The molecule has 4 rings (SSSR count). The van der Waals surface area contributed by atoms with E-state index in [1.54, 1.807) is 12.1 Å². The summed E-state index contributed by atoms with van der Waals surface area (Å²) < 4.78 is 19.5. The van der Waals surface area contributed by atoms with Crippen molar-refractivity contribution in [3.63, 3.8) is 0 Å². The fraction of sp³-hybridized carbons (Fsp3) is 0.0417. The lowest BCUT2D eigenvalue weighted by atomic mass is 10.0. The third-order valence-electron chi connectivity index (χ3n) is 4.37. The normalized spacial score (nSPS) is 10.7. The van der Waals surface area contributed by atoms with E-state index in [1.807, 2.05) is 30.3 Å². The SMILES string of the molecule is Cc1ccc(-c2cc(-c3ccccc3)cc(-c3ccc(F)cc3)[o+]2)cc1. The second-order valence-corrected chi connectivity index (χ2v) is 6.31. The first-order valence-electron chi connectivity index (χ1n) is 8.56. The molecule has 0 saturated heterocycles. The first-order chi connectivity index (χ1) is 12.7. The highest BCUT2D eigenvalue weighted by Crippen LogP contribution is 2.33. The molecule has 0 aliphatic rings. The number of rotatable bonds is 3. The first-order valence-corrected chi connectivity index (χ1v) is 8.56. The predicted octanol–water partition coefficient (Wildman–Crippen LogP) is 7.01. The van der Waals surface area contributed by atoms with Crippen LogP contribution in [0.5, 0.6) is 0 Å². The van der Waals surface area contributed by atoms with Crippen LogP contribution < -0.4 is 0 Å². The molecule has 0 atom stereocenters. The number of halogens is 1. The molecule has 1 aromatic heterocycles. The lowest BCUT2D eigenvalue weighted by Gasteiger charge is -2.02. The van der Waals surface area contributed by atoms with Crippen molar-refractivity contribution in [2.75, 3.05) is 0 Å². The molecule has 1 heterocycles. The maximum absolute atomic E-state index is 13.3. The molecule has 0 bridgehead atoms. The monoisotopic (exact) mass is 341 g/mol. The summed E-state index contributed by atoms with van der Waals surface area (Å²) >= 11 is 0. The van der Waals surface area contributed by atoms with Gasteiger partial charge in [-0.15, -0.1) is 0 Å². The summed E-state index contributed by atoms with van der Waals surface area (Å²) in [6, 6.07) is 28.8. The van der Waals surface area contributed by atoms with E-state index in [0.717, 1.165) is 28.0 Å². The van der Waals surface area contributed by atoms with Gasteiger partial charge in [0, 0.05) is 5.56 Å². The molecular weight excluding hydrogens is 323 g/mol. The Morgan fingerprint density at radius 1 is 0.577 bits per heavy atom. The lowest BCUT2D eigenvalue weighted by molar-refractivity contribution is 0.582. The van der Waals surface area contributed by atoms with Gasteiger partial charge in [-0.1, -0.05) is 48.0 Å². The highest BCUT2D eigenvalue weighted by Gasteiger charge is 2.20. The van der Waals surface area contributed by atoms with Crippen molar-refractivity contribution in [3.8, 4) is 33.8 Å². The van der Waals surface area contributed by atoms with E-state index >= 15 is 0 Å². The number of hydrogen-bond donors (Lipinski definition) is 0. The van der Waals surface area contributed by atoms with Crippen LogP contribution in [0.25, 0.3) is 33.8 Å². The van der Waals surface area contributed by atoms with Gasteiger partial charge in [-0.2, -0.15) is 0 Å². The predicted molar refractivity (Wildman–Crippen MR) is 104 cm³/mol. The van der Waals surface area contributed by atoms with Crippen LogP contribution in [0.3, 0.4) is 0 Å². The van der Waals surface area contributed by atoms with Crippen LogP contribution in [0.2, 0.25) is 0 Å². The zero-order chi connectivity index (χ0) is 17.9. The van der Waals surface area contributed by atoms with Crippen LogP contribution in [0, 0.1) is 12.7 Å². The van der Waals surface area contributed by atoms with Gasteiger partial charge in [0.05, 0.1) is 23.3 Å². The van der Waals surface area contributed by atoms with Gasteiger partial charge in [-0.25, -0.2) is 8.81 Å². The molecule has 0 fully saturated rings. The van der Waals surface area contributed by atoms with Crippen molar-refractivity contribution in [2.45, 2.75) is 6.92 Å². The Morgan fingerprint density at radius 3 is 1.69 bits per heavy atom. The minimum absolute atomic E-state index is 0.258. The van der Waals surface area contributed by atoms with Gasteiger partial charge in [0.2, 0.25) is 0 Å². The summed E-state index contributed by atoms with van der Waals surface area (Å²) in [5, 5.41) is 0. The van der Waals surface area contributed by atoms with Crippen molar-refractivity contribution in [2.24, 2.45) is 0 Å². The standard InChI is InChI=1S/C24H18FO/c1-17-7-9-19(10-8-17)23-15-21(18-5-3-2-4-6-18)16-24(26-23)20-11-13-22(25)14-12-20/h2-16H,1H3/q+1. The summed E-state index contributed by atoms with van der Waals surface area (Å²) in [5.41, 5.74) is 5.23. The second-order valence-electron chi connectivity index (χ2n) is 6.31. The van der Waals surface area contributed by atoms with Crippen LogP contribution in [-0.4, -0.2) is 0 Å². The highest BCUT2D eigenvalue weighted by molar-refractivity contribution is 5.74. The Kier molecular flexibility index (Phi) is 4.32. The average Bonchev–Trinajstić information content (AvgIpc) is 2.69. The van der Waals surface area contributed by atoms with E-state index in [9.17, 15) is 4.39 Å². The molecule has 0 aliphatic carbocycles. The molecule has 0 saturated carbocycles. The molecule has 3 aromatic carbocycles. The van der Waals surface area contributed by atoms with Crippen LogP contribution in [0.1, 0.15) is 5.56 Å². The van der Waals surface area contributed by atoms with Gasteiger partial charge in [0.1, 0.15) is 5.82 Å². The van der Waals surface area contributed by atoms with Gasteiger partial charge < -0.3 is 0 Å². The van der Waals surface area contributed by atoms with E-state index in [2.05, 4.69) is 43.3 Å². The van der Waals surface area contributed by atoms with E-state index in [4.69, 9.17) is 4.42 Å². The van der Waals surface area contributed by atoms with Gasteiger partial charge in [0.15, 0.2) is 0 Å². The molecule has 0 spiro atoms. The molecule has 26 heavy (non-hydrogen) atoms. The molecule has 4 aromatic rings. The maximum atomic E-state index is 13.3. The van der Waals surface area contributed by atoms with Crippen LogP contribution in [0.15, 0.2) is 95.4 Å². The molecule has 0 N–H and O–H groups in total. The molecule has 0 radical (unpaired) electrons. The molecular formula is C24H18FO+. The van der Waals surface area contributed by atoms with Gasteiger partial charge in [-0.3, -0.25) is 0 Å². The summed E-state index contributed by atoms with van der Waals surface area (Å²) in [5.74, 6) is 1.24. The third-order valence-corrected chi connectivity index (χ3v) is 4.37. The summed E-state index contributed by atoms with van der Waals surface area (Å²) in [4.78, 5) is 0. The minimum atomic E-state index is -0.258. The van der Waals surface area contributed by atoms with Crippen LogP contribution in [0.4, 0.5) is 4.39 Å². The Labute approximate surface area is 152 Å². The zero-order valence-corrected chi connectivity index (χ0v) is 14.4. The first kappa shape index (κ1) is 16.2. The van der Waals surface area contributed by atoms with Gasteiger partial charge in [0.25, 0.3) is 0 Å². The van der Waals surface area contributed by atoms with Crippen molar-refractivity contribution in [3.05, 3.63) is 102 Å². The fourth-order valence-corrected chi connectivity index (χ4v) is 2.92. The second kappa shape index (κ2) is 6.93. The zero-order valence-electron chi connectivity index (χ0n) is 14.4. The summed E-state index contributed by atoms with van der Waals surface area (Å²) in [7, 11) is 0. The molecule has 0 aliphatic heterocycles. The van der Waals surface area contributed by atoms with Gasteiger partial charge >= 0.3 is 11.5 Å². The Bertz CT molecular complexity index is 956. The van der Waals surface area contributed by atoms with E-state index in [0.29, 0.717) is 5.76 Å². The fourth-order valence-electron chi connectivity index (χ4n) is 2.92. The van der Waals surface area contributed by atoms with Crippen molar-refractivity contribution >= 4 is 0 Å². The van der Waals surface area contributed by atoms with Gasteiger partial charge in [-0.05, 0) is 48.9 Å². The molecule has 1 nitrogen and oxygen atoms in total. The summed E-state index contributed by atoms with van der Waals surface area (Å²) in [6.07, 6.45) is 0. The average molecular weight is 341 g/mol. The maximum Gasteiger partial charge on any atom is 0.361 e. The lowest BCUT2D eigenvalue weighted by Crippen LogP contribution is -1.86. The van der Waals surface area contributed by atoms with E-state index < -0.39 is 0 Å². The number of hydrogen-bond acceptors (Lipinski definition) is 0. The Morgan fingerprint density at radius 2 is 1.12 bits per heavy atom. The Balaban J connectivity index is 1.89. The number of aryl methyl sites for hydroxylation is 1.